The zero-order valence-corrected chi connectivity index (χ0v) is 12.5. The van der Waals surface area contributed by atoms with Gasteiger partial charge < -0.3 is 5.32 Å². The summed E-state index contributed by atoms with van der Waals surface area (Å²) in [5.41, 5.74) is 3.00. The van der Waals surface area contributed by atoms with Gasteiger partial charge in [-0.15, -0.1) is 11.8 Å². The number of thioether (sulfide) groups is 1. The number of benzene rings is 2. The van der Waals surface area contributed by atoms with E-state index in [4.69, 9.17) is 0 Å². The second-order valence-electron chi connectivity index (χ2n) is 4.51. The number of nitrogens with one attached hydrogen (secondary N) is 1. The van der Waals surface area contributed by atoms with Gasteiger partial charge in [-0.1, -0.05) is 30.3 Å². The van der Waals surface area contributed by atoms with Crippen LogP contribution < -0.4 is 5.32 Å². The maximum atomic E-state index is 4.49. The molecule has 2 aromatic carbocycles. The summed E-state index contributed by atoms with van der Waals surface area (Å²) >= 11 is 1.73. The largest absolute Gasteiger partial charge is 0.378 e. The zero-order chi connectivity index (χ0) is 14.5. The molecular weight excluding hydrogens is 280 g/mol. The van der Waals surface area contributed by atoms with E-state index in [0.717, 1.165) is 17.1 Å². The Morgan fingerprint density at radius 3 is 2.62 bits per heavy atom. The summed E-state index contributed by atoms with van der Waals surface area (Å²) in [6.07, 6.45) is 3.87. The smallest absolute Gasteiger partial charge is 0.102 e. The van der Waals surface area contributed by atoms with Gasteiger partial charge in [0.05, 0.1) is 18.4 Å². The maximum absolute atomic E-state index is 4.49. The van der Waals surface area contributed by atoms with E-state index >= 15 is 0 Å². The fourth-order valence-corrected chi connectivity index (χ4v) is 2.61. The number of nitrogens with zero attached hydrogens (tertiary/aromatic N) is 3. The highest BCUT2D eigenvalue weighted by Crippen LogP contribution is 2.24. The van der Waals surface area contributed by atoms with Crippen LogP contribution in [0.5, 0.6) is 0 Å². The molecule has 0 atom stereocenters. The fraction of sp³-hybridized carbons (Fsp3) is 0.125. The fourth-order valence-electron chi connectivity index (χ4n) is 2.04. The lowest BCUT2D eigenvalue weighted by Gasteiger charge is -2.08. The van der Waals surface area contributed by atoms with Crippen LogP contribution in [0, 0.1) is 0 Å². The normalized spacial score (nSPS) is 10.5. The van der Waals surface area contributed by atoms with E-state index in [2.05, 4.69) is 33.9 Å². The lowest BCUT2D eigenvalue weighted by atomic mass is 10.3. The first kappa shape index (κ1) is 13.7. The molecule has 21 heavy (non-hydrogen) atoms. The molecule has 0 amide bonds. The second kappa shape index (κ2) is 6.45. The summed E-state index contributed by atoms with van der Waals surface area (Å²) in [6.45, 7) is 0.657. The van der Waals surface area contributed by atoms with Crippen LogP contribution in [0.2, 0.25) is 0 Å². The summed E-state index contributed by atoms with van der Waals surface area (Å²) in [5, 5.41) is 12.2. The lowest BCUT2D eigenvalue weighted by Crippen LogP contribution is -2.03. The molecule has 0 aliphatic rings. The van der Waals surface area contributed by atoms with Crippen LogP contribution in [-0.4, -0.2) is 21.2 Å². The Morgan fingerprint density at radius 1 is 1.05 bits per heavy atom. The van der Waals surface area contributed by atoms with E-state index in [1.807, 2.05) is 42.5 Å². The van der Waals surface area contributed by atoms with Crippen LogP contribution in [0.1, 0.15) is 5.69 Å². The topological polar surface area (TPSA) is 42.7 Å². The summed E-state index contributed by atoms with van der Waals surface area (Å²) in [4.78, 5) is 2.88. The van der Waals surface area contributed by atoms with Gasteiger partial charge in [-0.25, -0.2) is 0 Å². The number of hydrogen-bond acceptors (Lipinski definition) is 4. The molecule has 0 unspecified atom stereocenters. The van der Waals surface area contributed by atoms with E-state index in [1.165, 1.54) is 4.90 Å². The standard InChI is InChI=1S/C16H16N4S/c1-21-16-10-6-5-9-15(16)17-11-13-12-18-20(19-13)14-7-3-2-4-8-14/h2-10,12,17H,11H2,1H3. The van der Waals surface area contributed by atoms with Crippen molar-refractivity contribution in [2.75, 3.05) is 11.6 Å². The van der Waals surface area contributed by atoms with Gasteiger partial charge in [-0.2, -0.15) is 15.0 Å². The molecule has 3 aromatic rings. The minimum Gasteiger partial charge on any atom is -0.378 e. The molecule has 1 aromatic heterocycles. The Hall–Kier alpha value is -2.27. The van der Waals surface area contributed by atoms with Crippen molar-refractivity contribution in [2.24, 2.45) is 0 Å². The zero-order valence-electron chi connectivity index (χ0n) is 11.7. The molecule has 0 fully saturated rings. The molecule has 3 rings (SSSR count). The van der Waals surface area contributed by atoms with Crippen LogP contribution in [0.15, 0.2) is 65.7 Å². The number of rotatable bonds is 5. The van der Waals surface area contributed by atoms with Crippen molar-refractivity contribution in [2.45, 2.75) is 11.4 Å². The average Bonchev–Trinajstić information content (AvgIpc) is 3.03. The minimum absolute atomic E-state index is 0.657. The quantitative estimate of drug-likeness (QED) is 0.731. The van der Waals surface area contributed by atoms with E-state index in [1.54, 1.807) is 22.8 Å². The first-order valence-corrected chi connectivity index (χ1v) is 7.93. The highest BCUT2D eigenvalue weighted by molar-refractivity contribution is 7.98. The molecule has 0 bridgehead atoms. The SMILES string of the molecule is CSc1ccccc1NCc1cnn(-c2ccccc2)n1. The van der Waals surface area contributed by atoms with Gasteiger partial charge in [0, 0.05) is 10.6 Å². The van der Waals surface area contributed by atoms with Gasteiger partial charge in [0.1, 0.15) is 5.69 Å². The van der Waals surface area contributed by atoms with Crippen LogP contribution in [0.3, 0.4) is 0 Å². The Labute approximate surface area is 128 Å². The summed E-state index contributed by atoms with van der Waals surface area (Å²) in [7, 11) is 0. The third kappa shape index (κ3) is 3.25. The number of aromatic nitrogens is 3. The second-order valence-corrected chi connectivity index (χ2v) is 5.36. The minimum atomic E-state index is 0.657. The molecule has 0 aliphatic heterocycles. The van der Waals surface area contributed by atoms with Gasteiger partial charge in [0.25, 0.3) is 0 Å². The third-order valence-corrected chi connectivity index (χ3v) is 3.89. The molecule has 0 spiro atoms. The summed E-state index contributed by atoms with van der Waals surface area (Å²) in [5.74, 6) is 0. The van der Waals surface area contributed by atoms with Gasteiger partial charge in [-0.3, -0.25) is 0 Å². The van der Waals surface area contributed by atoms with Crippen molar-refractivity contribution in [3.8, 4) is 5.69 Å². The van der Waals surface area contributed by atoms with E-state index in [9.17, 15) is 0 Å². The average molecular weight is 296 g/mol. The van der Waals surface area contributed by atoms with Crippen molar-refractivity contribution in [1.82, 2.24) is 15.0 Å². The van der Waals surface area contributed by atoms with Crippen molar-refractivity contribution >= 4 is 17.4 Å². The van der Waals surface area contributed by atoms with Crippen LogP contribution >= 0.6 is 11.8 Å². The molecule has 1 heterocycles. The maximum Gasteiger partial charge on any atom is 0.102 e. The molecule has 106 valence electrons. The third-order valence-electron chi connectivity index (χ3n) is 3.09. The van der Waals surface area contributed by atoms with E-state index in [-0.39, 0.29) is 0 Å². The molecule has 5 heteroatoms. The van der Waals surface area contributed by atoms with Gasteiger partial charge in [0.2, 0.25) is 0 Å². The van der Waals surface area contributed by atoms with Gasteiger partial charge >= 0.3 is 0 Å². The molecule has 0 saturated carbocycles. The van der Waals surface area contributed by atoms with Crippen molar-refractivity contribution in [3.05, 3.63) is 66.5 Å². The number of hydrogen-bond donors (Lipinski definition) is 1. The number of anilines is 1. The Kier molecular flexibility index (Phi) is 4.21. The molecule has 0 aliphatic carbocycles. The predicted octanol–water partition coefficient (Wildman–Crippen LogP) is 3.60. The Morgan fingerprint density at radius 2 is 1.81 bits per heavy atom. The first-order chi connectivity index (χ1) is 10.4. The van der Waals surface area contributed by atoms with Crippen molar-refractivity contribution in [3.63, 3.8) is 0 Å². The highest BCUT2D eigenvalue weighted by Gasteiger charge is 2.04. The monoisotopic (exact) mass is 296 g/mol. The van der Waals surface area contributed by atoms with Gasteiger partial charge in [0.15, 0.2) is 0 Å². The molecule has 0 saturated heterocycles. The molecule has 4 nitrogen and oxygen atoms in total. The molecule has 0 radical (unpaired) electrons. The first-order valence-electron chi connectivity index (χ1n) is 6.70. The summed E-state index contributed by atoms with van der Waals surface area (Å²) < 4.78 is 0. The van der Waals surface area contributed by atoms with Crippen LogP contribution in [0.25, 0.3) is 5.69 Å². The number of para-hydroxylation sites is 2. The van der Waals surface area contributed by atoms with Crippen molar-refractivity contribution < 1.29 is 0 Å². The highest BCUT2D eigenvalue weighted by atomic mass is 32.2. The van der Waals surface area contributed by atoms with E-state index < -0.39 is 0 Å². The predicted molar refractivity (Wildman–Crippen MR) is 86.9 cm³/mol. The van der Waals surface area contributed by atoms with Crippen LogP contribution in [0.4, 0.5) is 5.69 Å². The Balaban J connectivity index is 1.71. The molecular formula is C16H16N4S. The summed E-state index contributed by atoms with van der Waals surface area (Å²) in [6, 6.07) is 18.2. The lowest BCUT2D eigenvalue weighted by molar-refractivity contribution is 0.740. The van der Waals surface area contributed by atoms with Crippen molar-refractivity contribution in [1.29, 1.82) is 0 Å². The molecule has 1 N–H and O–H groups in total. The van der Waals surface area contributed by atoms with Gasteiger partial charge in [-0.05, 0) is 30.5 Å². The van der Waals surface area contributed by atoms with E-state index in [0.29, 0.717) is 6.54 Å². The van der Waals surface area contributed by atoms with Crippen LogP contribution in [-0.2, 0) is 6.54 Å². The Bertz CT molecular complexity index is 709.